The van der Waals surface area contributed by atoms with Crippen LogP contribution in [0.3, 0.4) is 0 Å². The maximum atomic E-state index is 14.2. The fourth-order valence-corrected chi connectivity index (χ4v) is 12.7. The van der Waals surface area contributed by atoms with E-state index in [1.807, 2.05) is 6.92 Å². The maximum absolute atomic E-state index is 14.2. The van der Waals surface area contributed by atoms with Crippen LogP contribution in [0, 0.1) is 34.5 Å². The quantitative estimate of drug-likeness (QED) is 0.0493. The lowest BCUT2D eigenvalue weighted by Crippen LogP contribution is -2.67. The number of aliphatic hydroxyl groups excluding tert-OH is 14. The number of fused-ring (bicyclic) bond motifs is 3. The summed E-state index contributed by atoms with van der Waals surface area (Å²) in [4.78, 5) is 14.2. The number of rotatable bonds is 12. The second-order valence-electron chi connectivity index (χ2n) is 20.1. The van der Waals surface area contributed by atoms with E-state index in [9.17, 15) is 76.3 Å². The Balaban J connectivity index is 1.07. The van der Waals surface area contributed by atoms with E-state index in [4.69, 9.17) is 37.9 Å². The Labute approximate surface area is 380 Å². The predicted molar refractivity (Wildman–Crippen MR) is 214 cm³/mol. The van der Waals surface area contributed by atoms with Gasteiger partial charge in [0.1, 0.15) is 97.7 Å². The number of carbonyl (C=O) groups excluding carboxylic acids is 1. The van der Waals surface area contributed by atoms with Gasteiger partial charge in [-0.2, -0.15) is 0 Å². The zero-order valence-electron chi connectivity index (χ0n) is 36.6. The van der Waals surface area contributed by atoms with Gasteiger partial charge in [0.2, 0.25) is 6.29 Å². The molecule has 8 rings (SSSR count). The first-order valence-electron chi connectivity index (χ1n) is 23.0. The van der Waals surface area contributed by atoms with Crippen LogP contribution in [0.1, 0.15) is 58.3 Å². The van der Waals surface area contributed by atoms with Crippen molar-refractivity contribution in [1.82, 2.24) is 0 Å². The van der Waals surface area contributed by atoms with Crippen molar-refractivity contribution < 1.29 is 114 Å². The molecule has 0 radical (unpaired) electrons. The lowest BCUT2D eigenvalue weighted by molar-refractivity contribution is -0.397. The van der Waals surface area contributed by atoms with Crippen molar-refractivity contribution in [3.05, 3.63) is 12.2 Å². The van der Waals surface area contributed by atoms with Gasteiger partial charge >= 0.3 is 5.97 Å². The summed E-state index contributed by atoms with van der Waals surface area (Å²) in [6.45, 7) is 3.14. The van der Waals surface area contributed by atoms with E-state index in [1.165, 1.54) is 0 Å². The number of esters is 1. The molecule has 2 bridgehead atoms. The van der Waals surface area contributed by atoms with E-state index in [-0.39, 0.29) is 29.1 Å². The third-order valence-electron chi connectivity index (χ3n) is 16.4. The SMILES string of the molecule is C=C1C[C@@]23CCC4C(CCC[C@@]4(C)C(=O)O[C@@H]4O[C@H](CO)[C@@H](O)[C@H](O)[C@H]4O)[C@@H]2C[C@H](O[C@@H]2O[C@H](CO)[C@@H](O)[C@H](O[C@@H]4O[C@H](CO)[C@@H](O)[C@H](O)[C@H]4O)[C@H]2O[C@@H]2O[C@H](CO)[C@@H](O)[C@H](O)[C@H]2O)[C@@H]1C3. The smallest absolute Gasteiger partial charge is 0.314 e. The van der Waals surface area contributed by atoms with Gasteiger partial charge < -0.3 is 109 Å². The van der Waals surface area contributed by atoms with Crippen molar-refractivity contribution >= 4 is 5.97 Å². The molecular formula is C43H68O23. The molecule has 66 heavy (non-hydrogen) atoms. The second-order valence-corrected chi connectivity index (χ2v) is 20.1. The summed E-state index contributed by atoms with van der Waals surface area (Å²) < 4.78 is 47.9. The molecule has 0 aromatic rings. The molecule has 23 nitrogen and oxygen atoms in total. The summed E-state index contributed by atoms with van der Waals surface area (Å²) in [6, 6.07) is 0. The molecule has 27 atom stereocenters. The Morgan fingerprint density at radius 1 is 0.591 bits per heavy atom. The number of hydrogen-bond acceptors (Lipinski definition) is 23. The lowest BCUT2D eigenvalue weighted by atomic mass is 9.46. The van der Waals surface area contributed by atoms with Crippen molar-refractivity contribution in [3.63, 3.8) is 0 Å². The molecule has 4 saturated heterocycles. The Morgan fingerprint density at radius 2 is 1.08 bits per heavy atom. The summed E-state index contributed by atoms with van der Waals surface area (Å²) in [5, 5.41) is 147. The second kappa shape index (κ2) is 19.9. The van der Waals surface area contributed by atoms with Crippen molar-refractivity contribution in [2.24, 2.45) is 34.5 Å². The van der Waals surface area contributed by atoms with E-state index in [0.29, 0.717) is 38.5 Å². The highest BCUT2D eigenvalue weighted by molar-refractivity contribution is 5.77. The minimum Gasteiger partial charge on any atom is -0.432 e. The van der Waals surface area contributed by atoms with Crippen molar-refractivity contribution in [3.8, 4) is 0 Å². The molecule has 4 aliphatic carbocycles. The van der Waals surface area contributed by atoms with Crippen molar-refractivity contribution in [2.45, 2.75) is 187 Å². The maximum Gasteiger partial charge on any atom is 0.314 e. The summed E-state index contributed by atoms with van der Waals surface area (Å²) in [6.07, 6.45) is -29.9. The molecule has 378 valence electrons. The third kappa shape index (κ3) is 8.80. The number of ether oxygens (including phenoxy) is 8. The van der Waals surface area contributed by atoms with E-state index in [0.717, 1.165) is 18.4 Å². The number of hydrogen-bond donors (Lipinski definition) is 14. The van der Waals surface area contributed by atoms with Crippen LogP contribution < -0.4 is 0 Å². The summed E-state index contributed by atoms with van der Waals surface area (Å²) in [7, 11) is 0. The molecule has 14 N–H and O–H groups in total. The Bertz CT molecular complexity index is 1690. The first kappa shape index (κ1) is 50.7. The Morgan fingerprint density at radius 3 is 1.62 bits per heavy atom. The van der Waals surface area contributed by atoms with Gasteiger partial charge in [0.05, 0.1) is 37.9 Å². The van der Waals surface area contributed by atoms with Gasteiger partial charge in [-0.15, -0.1) is 0 Å². The van der Waals surface area contributed by atoms with Crippen LogP contribution in [-0.2, 0) is 42.7 Å². The zero-order chi connectivity index (χ0) is 47.7. The van der Waals surface area contributed by atoms with Gasteiger partial charge in [0.15, 0.2) is 18.9 Å². The molecule has 0 aromatic heterocycles. The molecular weight excluding hydrogens is 884 g/mol. The summed E-state index contributed by atoms with van der Waals surface area (Å²) >= 11 is 0. The fourth-order valence-electron chi connectivity index (χ4n) is 12.7. The number of carbonyl (C=O) groups is 1. The lowest BCUT2D eigenvalue weighted by Gasteiger charge is -2.59. The van der Waals surface area contributed by atoms with E-state index in [2.05, 4.69) is 6.58 Å². The molecule has 4 aliphatic heterocycles. The minimum absolute atomic E-state index is 0.0551. The predicted octanol–water partition coefficient (Wildman–Crippen LogP) is -5.65. The van der Waals surface area contributed by atoms with Gasteiger partial charge in [-0.1, -0.05) is 18.6 Å². The largest absolute Gasteiger partial charge is 0.432 e. The first-order chi connectivity index (χ1) is 31.3. The van der Waals surface area contributed by atoms with Gasteiger partial charge in [-0.3, -0.25) is 4.79 Å². The van der Waals surface area contributed by atoms with Gasteiger partial charge in [0, 0.05) is 5.92 Å². The van der Waals surface area contributed by atoms with Crippen LogP contribution in [0.5, 0.6) is 0 Å². The van der Waals surface area contributed by atoms with Crippen LogP contribution in [-0.4, -0.2) is 233 Å². The fraction of sp³-hybridized carbons (Fsp3) is 0.930. The van der Waals surface area contributed by atoms with Gasteiger partial charge in [-0.25, -0.2) is 0 Å². The Kier molecular flexibility index (Phi) is 15.3. The topological polar surface area (TPSA) is 374 Å². The standard InChI is InChI=1S/C43H68O23/c1-15-9-43-7-5-18-16(4-3-6-42(18,2)41(58)66-39-34(57)31(54)27(50)23(13-46)62-39)19(43)8-20(17(15)10-43)59-40-36(65-38-33(56)30(53)26(49)22(12-45)61-38)35(28(51)24(14-47)63-40)64-37-32(55)29(52)25(48)21(11-44)60-37/h16-40,44-57H,1,3-14H2,2H3/t16?,17-,18?,19+,20+,21-,22-,23-,24-,25-,26-,27-,28-,29+,30+,31+,32-,33-,34-,35+,36-,37+,38+,39+,40-,42-,43-/m1/s1. The number of aliphatic hydroxyl groups is 14. The molecule has 2 unspecified atom stereocenters. The third-order valence-corrected chi connectivity index (χ3v) is 16.4. The zero-order valence-corrected chi connectivity index (χ0v) is 36.6. The van der Waals surface area contributed by atoms with Crippen LogP contribution in [0.2, 0.25) is 0 Å². The highest BCUT2D eigenvalue weighted by Crippen LogP contribution is 2.68. The van der Waals surface area contributed by atoms with E-state index >= 15 is 0 Å². The molecule has 1 spiro atoms. The van der Waals surface area contributed by atoms with Crippen molar-refractivity contribution in [2.75, 3.05) is 26.4 Å². The summed E-state index contributed by atoms with van der Waals surface area (Å²) in [5.41, 5.74) is -0.375. The van der Waals surface area contributed by atoms with Crippen LogP contribution in [0.15, 0.2) is 12.2 Å². The minimum atomic E-state index is -1.96. The van der Waals surface area contributed by atoms with Crippen LogP contribution in [0.25, 0.3) is 0 Å². The molecule has 0 amide bonds. The average molecular weight is 953 g/mol. The van der Waals surface area contributed by atoms with E-state index < -0.39 is 167 Å². The van der Waals surface area contributed by atoms with Gasteiger partial charge in [-0.05, 0) is 75.0 Å². The van der Waals surface area contributed by atoms with Crippen LogP contribution >= 0.6 is 0 Å². The molecule has 0 aromatic carbocycles. The monoisotopic (exact) mass is 952 g/mol. The molecule has 23 heteroatoms. The first-order valence-corrected chi connectivity index (χ1v) is 23.0. The van der Waals surface area contributed by atoms with Crippen LogP contribution in [0.4, 0.5) is 0 Å². The molecule has 8 fully saturated rings. The highest BCUT2D eigenvalue weighted by atomic mass is 16.8. The molecule has 4 heterocycles. The van der Waals surface area contributed by atoms with E-state index in [1.54, 1.807) is 0 Å². The molecule has 4 saturated carbocycles. The average Bonchev–Trinajstić information content (AvgIpc) is 3.58. The normalized spacial score (nSPS) is 54.0. The van der Waals surface area contributed by atoms with Gasteiger partial charge in [0.25, 0.3) is 0 Å². The van der Waals surface area contributed by atoms with Crippen molar-refractivity contribution in [1.29, 1.82) is 0 Å². The highest BCUT2D eigenvalue weighted by Gasteiger charge is 2.64. The Hall–Kier alpha value is -1.63. The molecule has 8 aliphatic rings. The summed E-state index contributed by atoms with van der Waals surface area (Å²) in [5.74, 6) is -1.24.